The van der Waals surface area contributed by atoms with Crippen LogP contribution in [0.4, 0.5) is 0 Å². The standard InChI is InChI=1S/C23H23ClN4O3/c1-31-22-9-3-16(10-19(22)24)13-27-21-11-15(12-25)2-8-20(21)28(23(27)30)18-6-4-17(5-7-18)26-14-29/h2-3,8-11,14,17-18H,4-7,13H2,1H3,(H,26,29)/t17-,18-. The average molecular weight is 439 g/mol. The normalized spacial score (nSPS) is 18.5. The average Bonchev–Trinajstić information content (AvgIpc) is 3.05. The van der Waals surface area contributed by atoms with Crippen LogP contribution in [-0.2, 0) is 11.3 Å². The number of fused-ring (bicyclic) bond motifs is 1. The number of aromatic nitrogens is 2. The van der Waals surface area contributed by atoms with E-state index in [0.29, 0.717) is 22.9 Å². The SMILES string of the molecule is COc1ccc(Cn2c(=O)n([C@H]3CC[C@H](NC=O)CC3)c3ccc(C#N)cc32)cc1Cl. The van der Waals surface area contributed by atoms with Gasteiger partial charge in [-0.3, -0.25) is 13.9 Å². The molecule has 1 aliphatic rings. The number of carbonyl (C=O) groups is 1. The highest BCUT2D eigenvalue weighted by molar-refractivity contribution is 6.32. The van der Waals surface area contributed by atoms with Gasteiger partial charge in [-0.2, -0.15) is 5.26 Å². The van der Waals surface area contributed by atoms with Crippen molar-refractivity contribution in [3.8, 4) is 11.8 Å². The van der Waals surface area contributed by atoms with Crippen molar-refractivity contribution in [3.63, 3.8) is 0 Å². The number of ether oxygens (including phenoxy) is 1. The zero-order valence-corrected chi connectivity index (χ0v) is 17.9. The summed E-state index contributed by atoms with van der Waals surface area (Å²) in [4.78, 5) is 24.3. The second kappa shape index (κ2) is 8.86. The second-order valence-electron chi connectivity index (χ2n) is 7.81. The molecule has 1 aromatic heterocycles. The van der Waals surface area contributed by atoms with Gasteiger partial charge in [-0.15, -0.1) is 0 Å². The van der Waals surface area contributed by atoms with E-state index in [1.807, 2.05) is 16.7 Å². The van der Waals surface area contributed by atoms with E-state index in [-0.39, 0.29) is 17.8 Å². The Morgan fingerprint density at radius 2 is 1.97 bits per heavy atom. The fourth-order valence-electron chi connectivity index (χ4n) is 4.44. The number of amides is 1. The smallest absolute Gasteiger partial charge is 0.329 e. The Hall–Kier alpha value is -3.24. The van der Waals surface area contributed by atoms with Gasteiger partial charge in [-0.05, 0) is 61.6 Å². The summed E-state index contributed by atoms with van der Waals surface area (Å²) in [5.41, 5.74) is 2.81. The van der Waals surface area contributed by atoms with Crippen LogP contribution in [0.2, 0.25) is 5.02 Å². The molecule has 8 heteroatoms. The van der Waals surface area contributed by atoms with Gasteiger partial charge >= 0.3 is 5.69 Å². The number of nitrogens with zero attached hydrogens (tertiary/aromatic N) is 3. The van der Waals surface area contributed by atoms with Crippen molar-refractivity contribution < 1.29 is 9.53 Å². The van der Waals surface area contributed by atoms with Crippen molar-refractivity contribution >= 4 is 29.0 Å². The summed E-state index contributed by atoms with van der Waals surface area (Å²) in [7, 11) is 1.56. The Bertz CT molecular complexity index is 1220. The van der Waals surface area contributed by atoms with E-state index in [4.69, 9.17) is 16.3 Å². The van der Waals surface area contributed by atoms with Crippen LogP contribution in [0, 0.1) is 11.3 Å². The topological polar surface area (TPSA) is 89.0 Å². The lowest BCUT2D eigenvalue weighted by molar-refractivity contribution is -0.110. The highest BCUT2D eigenvalue weighted by Crippen LogP contribution is 2.31. The number of carbonyl (C=O) groups excluding carboxylic acids is 1. The first-order valence-electron chi connectivity index (χ1n) is 10.2. The summed E-state index contributed by atoms with van der Waals surface area (Å²) in [6.07, 6.45) is 4.00. The first kappa shape index (κ1) is 21.0. The maximum absolute atomic E-state index is 13.5. The van der Waals surface area contributed by atoms with Gasteiger partial charge in [0.15, 0.2) is 0 Å². The van der Waals surface area contributed by atoms with E-state index >= 15 is 0 Å². The molecule has 1 heterocycles. The molecule has 1 N–H and O–H groups in total. The third-order valence-corrected chi connectivity index (χ3v) is 6.31. The Labute approximate surface area is 184 Å². The fraction of sp³-hybridized carbons (Fsp3) is 0.348. The highest BCUT2D eigenvalue weighted by atomic mass is 35.5. The summed E-state index contributed by atoms with van der Waals surface area (Å²) < 4.78 is 8.76. The molecule has 0 spiro atoms. The molecular formula is C23H23ClN4O3. The minimum absolute atomic E-state index is 0.0494. The minimum Gasteiger partial charge on any atom is -0.495 e. The van der Waals surface area contributed by atoms with Crippen LogP contribution in [0.25, 0.3) is 11.0 Å². The molecule has 3 aromatic rings. The van der Waals surface area contributed by atoms with E-state index in [0.717, 1.165) is 48.7 Å². The first-order chi connectivity index (χ1) is 15.0. The Morgan fingerprint density at radius 1 is 1.19 bits per heavy atom. The number of rotatable bonds is 6. The number of halogens is 1. The van der Waals surface area contributed by atoms with Gasteiger partial charge in [0.25, 0.3) is 0 Å². The van der Waals surface area contributed by atoms with Crippen molar-refractivity contribution in [3.05, 3.63) is 63.0 Å². The van der Waals surface area contributed by atoms with Gasteiger partial charge in [0.1, 0.15) is 5.75 Å². The van der Waals surface area contributed by atoms with E-state index in [2.05, 4.69) is 11.4 Å². The van der Waals surface area contributed by atoms with Crippen molar-refractivity contribution in [2.75, 3.05) is 7.11 Å². The van der Waals surface area contributed by atoms with Crippen LogP contribution in [0.1, 0.15) is 42.9 Å². The van der Waals surface area contributed by atoms with Crippen molar-refractivity contribution in [1.29, 1.82) is 5.26 Å². The fourth-order valence-corrected chi connectivity index (χ4v) is 4.72. The molecule has 7 nitrogen and oxygen atoms in total. The number of nitriles is 1. The molecule has 0 aliphatic heterocycles. The van der Waals surface area contributed by atoms with Crippen LogP contribution in [-0.4, -0.2) is 28.7 Å². The third kappa shape index (κ3) is 4.04. The van der Waals surface area contributed by atoms with Gasteiger partial charge in [0.2, 0.25) is 6.41 Å². The summed E-state index contributed by atoms with van der Waals surface area (Å²) in [6, 6.07) is 13.2. The molecule has 31 heavy (non-hydrogen) atoms. The molecule has 1 fully saturated rings. The van der Waals surface area contributed by atoms with Gasteiger partial charge in [0, 0.05) is 12.1 Å². The number of methoxy groups -OCH3 is 1. The molecule has 1 amide bonds. The lowest BCUT2D eigenvalue weighted by Crippen LogP contribution is -2.35. The molecule has 1 saturated carbocycles. The molecule has 4 rings (SSSR count). The van der Waals surface area contributed by atoms with Gasteiger partial charge < -0.3 is 10.1 Å². The predicted molar refractivity (Wildman–Crippen MR) is 119 cm³/mol. The summed E-state index contributed by atoms with van der Waals surface area (Å²) in [5, 5.41) is 12.7. The van der Waals surface area contributed by atoms with Crippen LogP contribution < -0.4 is 15.7 Å². The van der Waals surface area contributed by atoms with Gasteiger partial charge in [-0.25, -0.2) is 4.79 Å². The molecule has 0 saturated heterocycles. The molecule has 1 aliphatic carbocycles. The summed E-state index contributed by atoms with van der Waals surface area (Å²) >= 11 is 6.28. The van der Waals surface area contributed by atoms with Crippen molar-refractivity contribution in [1.82, 2.24) is 14.5 Å². The molecular weight excluding hydrogens is 416 g/mol. The predicted octanol–water partition coefficient (Wildman–Crippen LogP) is 3.61. The monoisotopic (exact) mass is 438 g/mol. The van der Waals surface area contributed by atoms with E-state index in [9.17, 15) is 14.9 Å². The maximum Gasteiger partial charge on any atom is 0.329 e. The van der Waals surface area contributed by atoms with E-state index in [1.54, 1.807) is 35.9 Å². The number of hydrogen-bond donors (Lipinski definition) is 1. The van der Waals surface area contributed by atoms with Gasteiger partial charge in [0.05, 0.1) is 41.3 Å². The molecule has 0 unspecified atom stereocenters. The van der Waals surface area contributed by atoms with E-state index in [1.165, 1.54) is 0 Å². The number of hydrogen-bond acceptors (Lipinski definition) is 4. The maximum atomic E-state index is 13.5. The zero-order chi connectivity index (χ0) is 22.0. The second-order valence-corrected chi connectivity index (χ2v) is 8.22. The van der Waals surface area contributed by atoms with Crippen LogP contribution >= 0.6 is 11.6 Å². The van der Waals surface area contributed by atoms with Crippen molar-refractivity contribution in [2.24, 2.45) is 0 Å². The van der Waals surface area contributed by atoms with Gasteiger partial charge in [-0.1, -0.05) is 17.7 Å². The lowest BCUT2D eigenvalue weighted by atomic mass is 9.91. The quantitative estimate of drug-likeness (QED) is 0.595. The Kier molecular flexibility index (Phi) is 6.01. The molecule has 0 atom stereocenters. The number of nitrogens with one attached hydrogen (secondary N) is 1. The summed E-state index contributed by atoms with van der Waals surface area (Å²) in [6.45, 7) is 0.336. The van der Waals surface area contributed by atoms with E-state index < -0.39 is 0 Å². The third-order valence-electron chi connectivity index (χ3n) is 6.01. The van der Waals surface area contributed by atoms with Crippen LogP contribution in [0.3, 0.4) is 0 Å². The molecule has 0 radical (unpaired) electrons. The largest absolute Gasteiger partial charge is 0.495 e. The zero-order valence-electron chi connectivity index (χ0n) is 17.2. The number of imidazole rings is 1. The Morgan fingerprint density at radius 3 is 2.61 bits per heavy atom. The first-order valence-corrected chi connectivity index (χ1v) is 10.6. The highest BCUT2D eigenvalue weighted by Gasteiger charge is 2.26. The Balaban J connectivity index is 1.76. The van der Waals surface area contributed by atoms with Crippen molar-refractivity contribution in [2.45, 2.75) is 44.3 Å². The molecule has 0 bridgehead atoms. The molecule has 160 valence electrons. The van der Waals surface area contributed by atoms with Crippen LogP contribution in [0.15, 0.2) is 41.2 Å². The molecule has 2 aromatic carbocycles. The minimum atomic E-state index is -0.108. The lowest BCUT2D eigenvalue weighted by Gasteiger charge is -2.28. The summed E-state index contributed by atoms with van der Waals surface area (Å²) in [5.74, 6) is 0.577. The van der Waals surface area contributed by atoms with Crippen LogP contribution in [0.5, 0.6) is 5.75 Å². The number of benzene rings is 2.